The van der Waals surface area contributed by atoms with E-state index in [0.717, 1.165) is 22.7 Å². The molecule has 10 aromatic carbocycles. The van der Waals surface area contributed by atoms with Crippen LogP contribution in [0.2, 0.25) is 0 Å². The number of nitrogens with zero attached hydrogens (tertiary/aromatic N) is 2. The number of hydrogen-bond donors (Lipinski definition) is 0. The van der Waals surface area contributed by atoms with Crippen molar-refractivity contribution in [3.8, 4) is 39.2 Å². The summed E-state index contributed by atoms with van der Waals surface area (Å²) in [5.74, 6) is 0. The normalized spacial score (nSPS) is 12.9. The van der Waals surface area contributed by atoms with Gasteiger partial charge in [0.1, 0.15) is 0 Å². The summed E-state index contributed by atoms with van der Waals surface area (Å²) in [5.41, 5.74) is 15.9. The Kier molecular flexibility index (Phi) is 7.92. The van der Waals surface area contributed by atoms with E-state index in [9.17, 15) is 0 Å². The Morgan fingerprint density at radius 2 is 0.984 bits per heavy atom. The van der Waals surface area contributed by atoms with Gasteiger partial charge >= 0.3 is 0 Å². The first kappa shape index (κ1) is 35.3. The first-order chi connectivity index (χ1) is 30.0. The molecule has 288 valence electrons. The lowest BCUT2D eigenvalue weighted by Crippen LogP contribution is -2.15. The minimum Gasteiger partial charge on any atom is -0.310 e. The molecule has 0 aliphatic heterocycles. The van der Waals surface area contributed by atoms with Crippen LogP contribution in [0, 0.1) is 0 Å². The van der Waals surface area contributed by atoms with Crippen molar-refractivity contribution >= 4 is 60.3 Å². The lowest BCUT2D eigenvalue weighted by Gasteiger charge is -2.27. The van der Waals surface area contributed by atoms with Gasteiger partial charge in [0.15, 0.2) is 0 Å². The molecule has 0 saturated heterocycles. The molecule has 61 heavy (non-hydrogen) atoms. The van der Waals surface area contributed by atoms with E-state index in [2.05, 4.69) is 242 Å². The Morgan fingerprint density at radius 1 is 0.377 bits per heavy atom. The maximum absolute atomic E-state index is 2.49. The molecule has 0 bridgehead atoms. The highest BCUT2D eigenvalue weighted by Gasteiger charge is 2.35. The smallest absolute Gasteiger partial charge is 0.0619 e. The molecule has 2 heteroatoms. The predicted molar refractivity (Wildman–Crippen MR) is 259 cm³/mol. The van der Waals surface area contributed by atoms with E-state index in [-0.39, 0.29) is 5.41 Å². The molecule has 0 saturated carbocycles. The van der Waals surface area contributed by atoms with Crippen LogP contribution in [0.1, 0.15) is 25.0 Å². The van der Waals surface area contributed by atoms with Gasteiger partial charge in [-0.05, 0) is 126 Å². The third-order valence-corrected chi connectivity index (χ3v) is 13.1. The van der Waals surface area contributed by atoms with Crippen molar-refractivity contribution in [2.24, 2.45) is 0 Å². The lowest BCUT2D eigenvalue weighted by molar-refractivity contribution is 0.660. The van der Waals surface area contributed by atoms with Gasteiger partial charge in [0.25, 0.3) is 0 Å². The van der Waals surface area contributed by atoms with Crippen LogP contribution in [0.4, 0.5) is 17.1 Å². The van der Waals surface area contributed by atoms with Crippen molar-refractivity contribution in [1.82, 2.24) is 4.57 Å². The summed E-state index contributed by atoms with van der Waals surface area (Å²) >= 11 is 0. The topological polar surface area (TPSA) is 8.17 Å². The summed E-state index contributed by atoms with van der Waals surface area (Å²) in [7, 11) is 0. The number of para-hydroxylation sites is 1. The van der Waals surface area contributed by atoms with Crippen LogP contribution in [0.25, 0.3) is 82.4 Å². The van der Waals surface area contributed by atoms with Gasteiger partial charge in [-0.15, -0.1) is 0 Å². The van der Waals surface area contributed by atoms with E-state index in [0.29, 0.717) is 0 Å². The highest BCUT2D eigenvalue weighted by molar-refractivity contribution is 6.17. The summed E-state index contributed by atoms with van der Waals surface area (Å²) in [5, 5.41) is 8.59. The molecule has 12 rings (SSSR count). The fourth-order valence-corrected chi connectivity index (χ4v) is 10.2. The molecule has 2 nitrogen and oxygen atoms in total. The number of hydrogen-bond acceptors (Lipinski definition) is 1. The van der Waals surface area contributed by atoms with Gasteiger partial charge < -0.3 is 9.47 Å². The molecule has 0 spiro atoms. The third kappa shape index (κ3) is 5.56. The van der Waals surface area contributed by atoms with Gasteiger partial charge in [0.05, 0.1) is 11.2 Å². The zero-order valence-corrected chi connectivity index (χ0v) is 34.2. The van der Waals surface area contributed by atoms with E-state index < -0.39 is 0 Å². The van der Waals surface area contributed by atoms with Crippen LogP contribution in [-0.4, -0.2) is 4.57 Å². The minimum absolute atomic E-state index is 0.0455. The van der Waals surface area contributed by atoms with Crippen molar-refractivity contribution in [1.29, 1.82) is 0 Å². The van der Waals surface area contributed by atoms with E-state index in [4.69, 9.17) is 0 Å². The highest BCUT2D eigenvalue weighted by Crippen LogP contribution is 2.51. The summed E-state index contributed by atoms with van der Waals surface area (Å²) in [6.07, 6.45) is 0. The van der Waals surface area contributed by atoms with Crippen molar-refractivity contribution in [2.45, 2.75) is 19.3 Å². The number of rotatable bonds is 6. The number of aromatic nitrogens is 1. The molecule has 11 aromatic rings. The summed E-state index contributed by atoms with van der Waals surface area (Å²) in [4.78, 5) is 2.41. The fraction of sp³-hybridized carbons (Fsp3) is 0.0508. The molecule has 1 heterocycles. The van der Waals surface area contributed by atoms with Crippen molar-refractivity contribution in [3.63, 3.8) is 0 Å². The van der Waals surface area contributed by atoms with Crippen LogP contribution in [0.3, 0.4) is 0 Å². The molecule has 1 aliphatic carbocycles. The fourth-order valence-electron chi connectivity index (χ4n) is 10.2. The Labute approximate surface area is 356 Å². The number of fused-ring (bicyclic) bond motifs is 8. The van der Waals surface area contributed by atoms with Crippen molar-refractivity contribution in [3.05, 3.63) is 230 Å². The van der Waals surface area contributed by atoms with Crippen LogP contribution in [0.5, 0.6) is 0 Å². The molecule has 0 fully saturated rings. The second-order valence-electron chi connectivity index (χ2n) is 17.0. The zero-order chi connectivity index (χ0) is 40.7. The first-order valence-corrected chi connectivity index (χ1v) is 21.3. The van der Waals surface area contributed by atoms with Crippen molar-refractivity contribution < 1.29 is 0 Å². The van der Waals surface area contributed by atoms with E-state index >= 15 is 0 Å². The zero-order valence-electron chi connectivity index (χ0n) is 34.2. The number of benzene rings is 10. The molecular weight excluding hydrogens is 737 g/mol. The van der Waals surface area contributed by atoms with Crippen molar-refractivity contribution in [2.75, 3.05) is 4.90 Å². The van der Waals surface area contributed by atoms with Gasteiger partial charge in [-0.1, -0.05) is 172 Å². The Morgan fingerprint density at radius 3 is 1.77 bits per heavy atom. The van der Waals surface area contributed by atoms with Gasteiger partial charge in [0, 0.05) is 39.1 Å². The first-order valence-electron chi connectivity index (χ1n) is 21.3. The molecule has 0 unspecified atom stereocenters. The molecule has 1 aliphatic rings. The molecule has 1 aromatic heterocycles. The Hall–Kier alpha value is -7.68. The molecular formula is C59H42N2. The maximum Gasteiger partial charge on any atom is 0.0619 e. The van der Waals surface area contributed by atoms with Crippen LogP contribution in [0.15, 0.2) is 218 Å². The highest BCUT2D eigenvalue weighted by atomic mass is 15.1. The monoisotopic (exact) mass is 778 g/mol. The summed E-state index contributed by atoms with van der Waals surface area (Å²) < 4.78 is 2.49. The second-order valence-corrected chi connectivity index (χ2v) is 17.0. The average molecular weight is 779 g/mol. The Balaban J connectivity index is 1.08. The Bertz CT molecular complexity index is 3490. The molecule has 0 N–H and O–H groups in total. The second kappa shape index (κ2) is 13.7. The third-order valence-electron chi connectivity index (χ3n) is 13.1. The van der Waals surface area contributed by atoms with E-state index in [1.807, 2.05) is 0 Å². The average Bonchev–Trinajstić information content (AvgIpc) is 3.77. The largest absolute Gasteiger partial charge is 0.310 e. The van der Waals surface area contributed by atoms with Gasteiger partial charge in [-0.2, -0.15) is 0 Å². The van der Waals surface area contributed by atoms with Gasteiger partial charge in [0.2, 0.25) is 0 Å². The standard InChI is InChI=1S/C59H42N2/c1-59(2)54-25-15-14-24-50(54)52-37-48(31-33-55(52)59)60(45-22-10-5-11-23-45)46-30-32-49-43(35-46)26-27-44-36-56-53(38-51(44)49)57(40-17-6-3-7-18-40)58(41-19-8-4-9-20-41)61(56)47-29-28-39-16-12-13-21-42(39)34-47/h3-38H,1-2H3. The predicted octanol–water partition coefficient (Wildman–Crippen LogP) is 16.2. The molecule has 0 radical (unpaired) electrons. The van der Waals surface area contributed by atoms with Crippen LogP contribution >= 0.6 is 0 Å². The summed E-state index contributed by atoms with van der Waals surface area (Å²) in [6, 6.07) is 80.5. The van der Waals surface area contributed by atoms with E-state index in [1.165, 1.54) is 87.9 Å². The van der Waals surface area contributed by atoms with Crippen LogP contribution < -0.4 is 4.90 Å². The van der Waals surface area contributed by atoms with Gasteiger partial charge in [-0.25, -0.2) is 0 Å². The lowest BCUT2D eigenvalue weighted by atomic mass is 9.82. The quantitative estimate of drug-likeness (QED) is 0.153. The van der Waals surface area contributed by atoms with Gasteiger partial charge in [-0.3, -0.25) is 0 Å². The molecule has 0 amide bonds. The minimum atomic E-state index is -0.0455. The number of anilines is 3. The SMILES string of the molecule is CC1(C)c2ccccc2-c2cc(N(c3ccccc3)c3ccc4c(ccc5cc6c(cc54)c(-c4ccccc4)c(-c4ccccc4)n6-c4ccc5ccccc5c4)c3)ccc21. The van der Waals surface area contributed by atoms with E-state index in [1.54, 1.807) is 0 Å². The summed E-state index contributed by atoms with van der Waals surface area (Å²) in [6.45, 7) is 4.69. The molecule has 0 atom stereocenters. The van der Waals surface area contributed by atoms with Crippen LogP contribution in [-0.2, 0) is 5.41 Å². The maximum atomic E-state index is 2.49.